The van der Waals surface area contributed by atoms with Crippen LogP contribution in [0.15, 0.2) is 54.6 Å². The molecule has 0 bridgehead atoms. The van der Waals surface area contributed by atoms with Crippen LogP contribution in [0.25, 0.3) is 32.9 Å². The van der Waals surface area contributed by atoms with Gasteiger partial charge in [-0.1, -0.05) is 48.0 Å². The van der Waals surface area contributed by atoms with Crippen LogP contribution in [-0.2, 0) is 6.42 Å². The molecule has 4 aromatic rings. The van der Waals surface area contributed by atoms with Crippen molar-refractivity contribution in [2.75, 3.05) is 5.84 Å². The van der Waals surface area contributed by atoms with E-state index < -0.39 is 0 Å². The first kappa shape index (κ1) is 11.9. The van der Waals surface area contributed by atoms with Crippen LogP contribution in [0.5, 0.6) is 0 Å². The van der Waals surface area contributed by atoms with E-state index in [4.69, 9.17) is 5.84 Å². The van der Waals surface area contributed by atoms with Crippen molar-refractivity contribution in [1.29, 1.82) is 0 Å². The highest BCUT2D eigenvalue weighted by molar-refractivity contribution is 6.14. The van der Waals surface area contributed by atoms with E-state index >= 15 is 0 Å². The number of aryl methyl sites for hydroxylation is 1. The highest BCUT2D eigenvalue weighted by Gasteiger charge is 2.23. The maximum atomic E-state index is 6.47. The molecule has 22 heavy (non-hydrogen) atoms. The number of hydrogen-bond donors (Lipinski definition) is 1. The Morgan fingerprint density at radius 1 is 0.909 bits per heavy atom. The van der Waals surface area contributed by atoms with E-state index in [9.17, 15) is 0 Å². The van der Waals surface area contributed by atoms with Crippen LogP contribution in [0.4, 0.5) is 0 Å². The largest absolute Gasteiger partial charge is 0.339 e. The predicted octanol–water partition coefficient (Wildman–Crippen LogP) is 4.39. The molecule has 0 saturated carbocycles. The first-order valence-corrected chi connectivity index (χ1v) is 7.64. The number of nitrogens with two attached hydrogens (primary N) is 1. The zero-order valence-corrected chi connectivity index (χ0v) is 12.4. The van der Waals surface area contributed by atoms with Crippen molar-refractivity contribution in [2.24, 2.45) is 0 Å². The van der Waals surface area contributed by atoms with Crippen LogP contribution < -0.4 is 5.84 Å². The fraction of sp³-hybridized carbons (Fsp3) is 0.100. The number of rotatable bonds is 0. The second-order valence-electron chi connectivity index (χ2n) is 6.22. The molecule has 2 heteroatoms. The number of benzene rings is 3. The lowest BCUT2D eigenvalue weighted by Crippen LogP contribution is -2.07. The van der Waals surface area contributed by atoms with Crippen LogP contribution in [0, 0.1) is 6.92 Å². The van der Waals surface area contributed by atoms with Gasteiger partial charge in [-0.2, -0.15) is 0 Å². The minimum atomic E-state index is 1.00. The van der Waals surface area contributed by atoms with E-state index in [0.29, 0.717) is 0 Å². The molecule has 3 aromatic carbocycles. The molecule has 5 rings (SSSR count). The SMILES string of the molecule is Cc1ccc2c(c1)c1ccc3c(c1n2N)-c1ccccc1C3. The van der Waals surface area contributed by atoms with Gasteiger partial charge in [0.2, 0.25) is 0 Å². The lowest BCUT2D eigenvalue weighted by molar-refractivity contribution is 1.12. The monoisotopic (exact) mass is 284 g/mol. The molecule has 1 aromatic heterocycles. The maximum absolute atomic E-state index is 6.47. The van der Waals surface area contributed by atoms with Crippen molar-refractivity contribution in [2.45, 2.75) is 13.3 Å². The standard InChI is InChI=1S/C20H16N2/c1-12-6-9-18-17(10-12)16-8-7-14-11-13-4-2-3-5-15(13)19(14)20(16)22(18)21/h2-10H,11,21H2,1H3. The summed E-state index contributed by atoms with van der Waals surface area (Å²) < 4.78 is 1.87. The molecular formula is C20H16N2. The fourth-order valence-electron chi connectivity index (χ4n) is 3.87. The summed E-state index contributed by atoms with van der Waals surface area (Å²) in [4.78, 5) is 0. The summed E-state index contributed by atoms with van der Waals surface area (Å²) in [6, 6.07) is 19.6. The lowest BCUT2D eigenvalue weighted by atomic mass is 10.0. The molecular weight excluding hydrogens is 268 g/mol. The van der Waals surface area contributed by atoms with Crippen molar-refractivity contribution < 1.29 is 0 Å². The molecule has 0 amide bonds. The molecule has 0 atom stereocenters. The Hall–Kier alpha value is -2.74. The van der Waals surface area contributed by atoms with Gasteiger partial charge in [0, 0.05) is 16.3 Å². The van der Waals surface area contributed by atoms with Gasteiger partial charge in [-0.25, -0.2) is 0 Å². The number of aromatic nitrogens is 1. The first-order chi connectivity index (χ1) is 10.7. The smallest absolute Gasteiger partial charge is 0.0784 e. The predicted molar refractivity (Wildman–Crippen MR) is 92.6 cm³/mol. The van der Waals surface area contributed by atoms with Gasteiger partial charge in [0.05, 0.1) is 11.0 Å². The van der Waals surface area contributed by atoms with Gasteiger partial charge in [0.1, 0.15) is 0 Å². The van der Waals surface area contributed by atoms with Crippen LogP contribution >= 0.6 is 0 Å². The molecule has 0 spiro atoms. The molecule has 2 N–H and O–H groups in total. The van der Waals surface area contributed by atoms with Crippen molar-refractivity contribution >= 4 is 21.8 Å². The van der Waals surface area contributed by atoms with Gasteiger partial charge in [-0.3, -0.25) is 4.68 Å². The first-order valence-electron chi connectivity index (χ1n) is 7.64. The van der Waals surface area contributed by atoms with Crippen molar-refractivity contribution in [3.05, 3.63) is 71.3 Å². The van der Waals surface area contributed by atoms with E-state index in [0.717, 1.165) is 17.5 Å². The van der Waals surface area contributed by atoms with Gasteiger partial charge in [0.15, 0.2) is 0 Å². The third-order valence-corrected chi connectivity index (χ3v) is 4.87. The Morgan fingerprint density at radius 3 is 2.68 bits per heavy atom. The molecule has 0 fully saturated rings. The van der Waals surface area contributed by atoms with Crippen LogP contribution in [0.2, 0.25) is 0 Å². The fourth-order valence-corrected chi connectivity index (χ4v) is 3.87. The molecule has 0 radical (unpaired) electrons. The molecule has 1 aliphatic carbocycles. The van der Waals surface area contributed by atoms with Crippen molar-refractivity contribution in [1.82, 2.24) is 4.68 Å². The highest BCUT2D eigenvalue weighted by atomic mass is 15.3. The van der Waals surface area contributed by atoms with Crippen molar-refractivity contribution in [3.63, 3.8) is 0 Å². The Kier molecular flexibility index (Phi) is 2.11. The molecule has 0 aliphatic heterocycles. The molecule has 1 heterocycles. The minimum Gasteiger partial charge on any atom is -0.339 e. The Labute approximate surface area is 128 Å². The Morgan fingerprint density at radius 2 is 1.77 bits per heavy atom. The summed E-state index contributed by atoms with van der Waals surface area (Å²) >= 11 is 0. The third kappa shape index (κ3) is 1.34. The molecule has 1 aliphatic rings. The summed E-state index contributed by atoms with van der Waals surface area (Å²) in [6.07, 6.45) is 1.00. The number of nitrogen functional groups attached to an aromatic ring is 1. The Balaban J connectivity index is 2.02. The molecule has 0 saturated heterocycles. The normalized spacial score (nSPS) is 12.8. The average Bonchev–Trinajstić information content (AvgIpc) is 3.03. The summed E-state index contributed by atoms with van der Waals surface area (Å²) in [7, 11) is 0. The van der Waals surface area contributed by atoms with Crippen LogP contribution in [-0.4, -0.2) is 4.68 Å². The zero-order valence-electron chi connectivity index (χ0n) is 12.4. The van der Waals surface area contributed by atoms with E-state index in [2.05, 4.69) is 61.5 Å². The topological polar surface area (TPSA) is 30.9 Å². The third-order valence-electron chi connectivity index (χ3n) is 4.87. The van der Waals surface area contributed by atoms with Crippen LogP contribution in [0.3, 0.4) is 0 Å². The van der Waals surface area contributed by atoms with Gasteiger partial charge < -0.3 is 5.84 Å². The molecule has 106 valence electrons. The second kappa shape index (κ2) is 3.92. The lowest BCUT2D eigenvalue weighted by Gasteiger charge is -2.06. The number of hydrogen-bond acceptors (Lipinski definition) is 1. The molecule has 0 unspecified atom stereocenters. The van der Waals surface area contributed by atoms with Gasteiger partial charge in [-0.05, 0) is 42.2 Å². The Bertz CT molecular complexity index is 1070. The average molecular weight is 284 g/mol. The van der Waals surface area contributed by atoms with Gasteiger partial charge in [-0.15, -0.1) is 0 Å². The van der Waals surface area contributed by atoms with E-state index in [1.807, 2.05) is 4.68 Å². The van der Waals surface area contributed by atoms with Gasteiger partial charge >= 0.3 is 0 Å². The highest BCUT2D eigenvalue weighted by Crippen LogP contribution is 2.43. The summed E-state index contributed by atoms with van der Waals surface area (Å²) in [5.74, 6) is 6.47. The maximum Gasteiger partial charge on any atom is 0.0784 e. The van der Waals surface area contributed by atoms with E-state index in [1.54, 1.807) is 0 Å². The van der Waals surface area contributed by atoms with Crippen molar-refractivity contribution in [3.8, 4) is 11.1 Å². The summed E-state index contributed by atoms with van der Waals surface area (Å²) in [5.41, 5.74) is 8.92. The van der Waals surface area contributed by atoms with E-state index in [1.165, 1.54) is 38.6 Å². The molecule has 2 nitrogen and oxygen atoms in total. The number of fused-ring (bicyclic) bond motifs is 7. The number of nitrogens with zero attached hydrogens (tertiary/aromatic N) is 1. The second-order valence-corrected chi connectivity index (χ2v) is 6.22. The quantitative estimate of drug-likeness (QED) is 0.420. The van der Waals surface area contributed by atoms with Crippen LogP contribution in [0.1, 0.15) is 16.7 Å². The zero-order chi connectivity index (χ0) is 14.8. The summed E-state index contributed by atoms with van der Waals surface area (Å²) in [5, 5.41) is 2.49. The van der Waals surface area contributed by atoms with Gasteiger partial charge in [0.25, 0.3) is 0 Å². The summed E-state index contributed by atoms with van der Waals surface area (Å²) in [6.45, 7) is 2.13. The van der Waals surface area contributed by atoms with E-state index in [-0.39, 0.29) is 0 Å². The minimum absolute atomic E-state index is 1.00.